The minimum absolute atomic E-state index is 0.0351. The van der Waals surface area contributed by atoms with Crippen molar-refractivity contribution >= 4 is 5.69 Å². The van der Waals surface area contributed by atoms with Crippen LogP contribution in [-0.4, -0.2) is 10.0 Å². The molecular formula is C15H15NO4. The number of benzene rings is 2. The normalized spacial score (nSPS) is 11.9. The number of hydrogen-bond donors (Lipinski definition) is 1. The average Bonchev–Trinajstić information content (AvgIpc) is 2.39. The zero-order valence-corrected chi connectivity index (χ0v) is 11.2. The third kappa shape index (κ3) is 2.95. The maximum Gasteiger partial charge on any atom is 0.314 e. The van der Waals surface area contributed by atoms with E-state index in [0.29, 0.717) is 11.3 Å². The van der Waals surface area contributed by atoms with Gasteiger partial charge in [-0.2, -0.15) is 0 Å². The fourth-order valence-corrected chi connectivity index (χ4v) is 1.89. The maximum absolute atomic E-state index is 11.1. The highest BCUT2D eigenvalue weighted by Crippen LogP contribution is 2.34. The Bertz CT molecular complexity index is 620. The van der Waals surface area contributed by atoms with Crippen LogP contribution in [0, 0.1) is 17.0 Å². The van der Waals surface area contributed by atoms with Gasteiger partial charge in [0.1, 0.15) is 5.75 Å². The third-order valence-corrected chi connectivity index (χ3v) is 2.97. The van der Waals surface area contributed by atoms with E-state index in [1.165, 1.54) is 0 Å². The van der Waals surface area contributed by atoms with Crippen LogP contribution in [0.4, 0.5) is 5.69 Å². The first kappa shape index (κ1) is 14.0. The van der Waals surface area contributed by atoms with Crippen LogP contribution >= 0.6 is 0 Å². The monoisotopic (exact) mass is 273 g/mol. The molecule has 5 nitrogen and oxygen atoms in total. The van der Waals surface area contributed by atoms with Crippen molar-refractivity contribution in [1.82, 2.24) is 0 Å². The van der Waals surface area contributed by atoms with Crippen LogP contribution in [0.1, 0.15) is 24.2 Å². The van der Waals surface area contributed by atoms with Crippen molar-refractivity contribution < 1.29 is 14.8 Å². The Labute approximate surface area is 116 Å². The summed E-state index contributed by atoms with van der Waals surface area (Å²) in [7, 11) is 0. The van der Waals surface area contributed by atoms with Crippen LogP contribution in [0.3, 0.4) is 0 Å². The summed E-state index contributed by atoms with van der Waals surface area (Å²) in [6.07, 6.45) is -0.558. The van der Waals surface area contributed by atoms with Crippen molar-refractivity contribution in [2.45, 2.75) is 20.0 Å². The van der Waals surface area contributed by atoms with Gasteiger partial charge in [0, 0.05) is 5.56 Å². The molecular weight excluding hydrogens is 258 g/mol. The predicted molar refractivity (Wildman–Crippen MR) is 75.0 cm³/mol. The highest BCUT2D eigenvalue weighted by molar-refractivity contribution is 5.53. The Morgan fingerprint density at radius 2 is 1.85 bits per heavy atom. The Morgan fingerprint density at radius 1 is 1.20 bits per heavy atom. The maximum atomic E-state index is 11.1. The summed E-state index contributed by atoms with van der Waals surface area (Å²) in [5, 5.41) is 20.5. The number of nitro benzene ring substituents is 1. The van der Waals surface area contributed by atoms with Gasteiger partial charge in [-0.25, -0.2) is 0 Å². The zero-order valence-electron chi connectivity index (χ0n) is 11.2. The molecule has 0 aliphatic carbocycles. The lowest BCUT2D eigenvalue weighted by atomic mass is 10.1. The molecule has 0 saturated heterocycles. The van der Waals surface area contributed by atoms with Gasteiger partial charge < -0.3 is 9.84 Å². The molecule has 0 fully saturated rings. The molecule has 0 bridgehead atoms. The van der Waals surface area contributed by atoms with Gasteiger partial charge in [0.2, 0.25) is 5.75 Å². The topological polar surface area (TPSA) is 72.6 Å². The number of para-hydroxylation sites is 1. The number of aryl methyl sites for hydroxylation is 1. The van der Waals surface area contributed by atoms with Crippen molar-refractivity contribution in [2.75, 3.05) is 0 Å². The molecule has 2 aromatic carbocycles. The Morgan fingerprint density at radius 3 is 2.40 bits per heavy atom. The minimum atomic E-state index is -0.558. The average molecular weight is 273 g/mol. The summed E-state index contributed by atoms with van der Waals surface area (Å²) in [6, 6.07) is 11.7. The predicted octanol–water partition coefficient (Wildman–Crippen LogP) is 3.75. The van der Waals surface area contributed by atoms with Crippen LogP contribution in [0.5, 0.6) is 11.5 Å². The molecule has 0 unspecified atom stereocenters. The van der Waals surface area contributed by atoms with Crippen LogP contribution in [0.15, 0.2) is 42.5 Å². The number of rotatable bonds is 4. The standard InChI is InChI=1S/C15H15NO4/c1-10-4-3-5-14(15(10)16(18)19)20-13-8-6-12(7-9-13)11(2)17/h3-9,11,17H,1-2H3/t11-/m1/s1. The smallest absolute Gasteiger partial charge is 0.314 e. The van der Waals surface area contributed by atoms with Gasteiger partial charge in [0.25, 0.3) is 0 Å². The lowest BCUT2D eigenvalue weighted by Crippen LogP contribution is -1.96. The summed E-state index contributed by atoms with van der Waals surface area (Å²) in [4.78, 5) is 10.6. The quantitative estimate of drug-likeness (QED) is 0.680. The molecule has 1 N–H and O–H groups in total. The summed E-state index contributed by atoms with van der Waals surface area (Å²) >= 11 is 0. The van der Waals surface area contributed by atoms with Gasteiger partial charge in [0.15, 0.2) is 0 Å². The summed E-state index contributed by atoms with van der Waals surface area (Å²) < 4.78 is 5.56. The van der Waals surface area contributed by atoms with E-state index in [-0.39, 0.29) is 11.4 Å². The van der Waals surface area contributed by atoms with Gasteiger partial charge in [-0.1, -0.05) is 24.3 Å². The number of ether oxygens (including phenoxy) is 1. The van der Waals surface area contributed by atoms with E-state index in [9.17, 15) is 15.2 Å². The summed E-state index contributed by atoms with van der Waals surface area (Å²) in [5.41, 5.74) is 1.27. The second-order valence-electron chi connectivity index (χ2n) is 4.53. The van der Waals surface area contributed by atoms with Crippen molar-refractivity contribution in [3.63, 3.8) is 0 Å². The minimum Gasteiger partial charge on any atom is -0.450 e. The van der Waals surface area contributed by atoms with E-state index in [1.807, 2.05) is 0 Å². The van der Waals surface area contributed by atoms with E-state index >= 15 is 0 Å². The molecule has 1 atom stereocenters. The molecule has 0 aliphatic heterocycles. The number of nitrogens with zero attached hydrogens (tertiary/aromatic N) is 1. The fourth-order valence-electron chi connectivity index (χ4n) is 1.89. The van der Waals surface area contributed by atoms with Gasteiger partial charge in [-0.15, -0.1) is 0 Å². The largest absolute Gasteiger partial charge is 0.450 e. The van der Waals surface area contributed by atoms with Gasteiger partial charge in [0.05, 0.1) is 11.0 Å². The summed E-state index contributed by atoms with van der Waals surface area (Å²) in [6.45, 7) is 3.34. The molecule has 2 rings (SSSR count). The van der Waals surface area contributed by atoms with Gasteiger partial charge >= 0.3 is 5.69 Å². The first-order chi connectivity index (χ1) is 9.49. The van der Waals surface area contributed by atoms with Crippen LogP contribution in [0.2, 0.25) is 0 Å². The Kier molecular flexibility index (Phi) is 4.00. The number of aliphatic hydroxyl groups is 1. The van der Waals surface area contributed by atoms with Crippen molar-refractivity contribution in [3.8, 4) is 11.5 Å². The first-order valence-corrected chi connectivity index (χ1v) is 6.19. The van der Waals surface area contributed by atoms with Gasteiger partial charge in [-0.3, -0.25) is 10.1 Å². The second kappa shape index (κ2) is 5.71. The Balaban J connectivity index is 2.30. The molecule has 0 spiro atoms. The van der Waals surface area contributed by atoms with Crippen LogP contribution in [0.25, 0.3) is 0 Å². The van der Waals surface area contributed by atoms with E-state index in [0.717, 1.165) is 5.56 Å². The molecule has 104 valence electrons. The molecule has 0 aliphatic rings. The number of nitro groups is 1. The van der Waals surface area contributed by atoms with Crippen LogP contribution < -0.4 is 4.74 Å². The molecule has 0 amide bonds. The lowest BCUT2D eigenvalue weighted by molar-refractivity contribution is -0.386. The lowest BCUT2D eigenvalue weighted by Gasteiger charge is -2.09. The van der Waals surface area contributed by atoms with E-state index in [2.05, 4.69) is 0 Å². The van der Waals surface area contributed by atoms with Crippen LogP contribution in [-0.2, 0) is 0 Å². The zero-order chi connectivity index (χ0) is 14.7. The van der Waals surface area contributed by atoms with E-state index < -0.39 is 11.0 Å². The molecule has 0 saturated carbocycles. The molecule has 5 heteroatoms. The Hall–Kier alpha value is -2.40. The molecule has 0 aromatic heterocycles. The second-order valence-corrected chi connectivity index (χ2v) is 4.53. The first-order valence-electron chi connectivity index (χ1n) is 6.19. The highest BCUT2D eigenvalue weighted by atomic mass is 16.6. The number of hydrogen-bond acceptors (Lipinski definition) is 4. The highest BCUT2D eigenvalue weighted by Gasteiger charge is 2.18. The van der Waals surface area contributed by atoms with Crippen molar-refractivity contribution in [2.24, 2.45) is 0 Å². The van der Waals surface area contributed by atoms with Crippen molar-refractivity contribution in [1.29, 1.82) is 0 Å². The van der Waals surface area contributed by atoms with E-state index in [4.69, 9.17) is 4.74 Å². The molecule has 20 heavy (non-hydrogen) atoms. The third-order valence-electron chi connectivity index (χ3n) is 2.97. The SMILES string of the molecule is Cc1cccc(Oc2ccc([C@@H](C)O)cc2)c1[N+](=O)[O-]. The molecule has 0 radical (unpaired) electrons. The van der Waals surface area contributed by atoms with Crippen molar-refractivity contribution in [3.05, 3.63) is 63.7 Å². The summed E-state index contributed by atoms with van der Waals surface area (Å²) in [5.74, 6) is 0.697. The van der Waals surface area contributed by atoms with Gasteiger partial charge in [-0.05, 0) is 37.6 Å². The number of aliphatic hydroxyl groups excluding tert-OH is 1. The van der Waals surface area contributed by atoms with E-state index in [1.54, 1.807) is 56.3 Å². The molecule has 0 heterocycles. The fraction of sp³-hybridized carbons (Fsp3) is 0.200. The molecule has 2 aromatic rings.